The average Bonchev–Trinajstić information content (AvgIpc) is 3.06. The molecule has 0 amide bonds. The number of ether oxygens (including phenoxy) is 1. The molecular formula is C27H31ClN2O4. The first-order valence-electron chi connectivity index (χ1n) is 11.5. The Morgan fingerprint density at radius 2 is 2.03 bits per heavy atom. The van der Waals surface area contributed by atoms with Crippen LogP contribution >= 0.6 is 11.6 Å². The number of hydrogen-bond acceptors (Lipinski definition) is 4. The van der Waals surface area contributed by atoms with Gasteiger partial charge in [-0.25, -0.2) is 0 Å². The fraction of sp³-hybridized carbons (Fsp3) is 0.407. The van der Waals surface area contributed by atoms with Crippen molar-refractivity contribution < 1.29 is 19.7 Å². The van der Waals surface area contributed by atoms with Crippen molar-refractivity contribution in [2.75, 3.05) is 6.61 Å². The number of aliphatic carboxylic acids is 1. The number of hydrogen-bond donors (Lipinski definition) is 2. The van der Waals surface area contributed by atoms with Crippen molar-refractivity contribution in [3.05, 3.63) is 69.9 Å². The number of aryl methyl sites for hydroxylation is 1. The molecule has 2 aromatic carbocycles. The number of nitrogens with zero attached hydrogens (tertiary/aromatic N) is 2. The van der Waals surface area contributed by atoms with Crippen LogP contribution in [-0.4, -0.2) is 27.4 Å². The fourth-order valence-electron chi connectivity index (χ4n) is 4.46. The number of fused-ring (bicyclic) bond motifs is 1. The second kappa shape index (κ2) is 12.0. The van der Waals surface area contributed by atoms with Gasteiger partial charge in [0.05, 0.1) is 24.3 Å². The molecule has 6 nitrogen and oxygen atoms in total. The number of aliphatic hydroxyl groups is 1. The molecule has 2 atom stereocenters. The molecule has 180 valence electrons. The Bertz CT molecular complexity index is 1180. The van der Waals surface area contributed by atoms with Crippen molar-refractivity contribution in [1.82, 2.24) is 4.57 Å². The van der Waals surface area contributed by atoms with E-state index in [9.17, 15) is 15.2 Å². The Balaban J connectivity index is 1.71. The van der Waals surface area contributed by atoms with Crippen LogP contribution in [0.2, 0.25) is 5.02 Å². The van der Waals surface area contributed by atoms with Gasteiger partial charge < -0.3 is 19.5 Å². The maximum absolute atomic E-state index is 11.1. The van der Waals surface area contributed by atoms with Gasteiger partial charge in [-0.05, 0) is 67.5 Å². The summed E-state index contributed by atoms with van der Waals surface area (Å²) in [6, 6.07) is 15.3. The predicted molar refractivity (Wildman–Crippen MR) is 133 cm³/mol. The number of aromatic nitrogens is 1. The van der Waals surface area contributed by atoms with Crippen LogP contribution in [0, 0.1) is 17.2 Å². The second-order valence-corrected chi connectivity index (χ2v) is 9.29. The predicted octanol–water partition coefficient (Wildman–Crippen LogP) is 5.78. The van der Waals surface area contributed by atoms with Gasteiger partial charge in [0.15, 0.2) is 0 Å². The van der Waals surface area contributed by atoms with Gasteiger partial charge in [0.2, 0.25) is 0 Å². The van der Waals surface area contributed by atoms with Gasteiger partial charge in [0.1, 0.15) is 0 Å². The van der Waals surface area contributed by atoms with E-state index in [0.717, 1.165) is 47.0 Å². The van der Waals surface area contributed by atoms with Gasteiger partial charge >= 0.3 is 5.97 Å². The lowest BCUT2D eigenvalue weighted by Crippen LogP contribution is -2.11. The van der Waals surface area contributed by atoms with Crippen molar-refractivity contribution in [1.29, 1.82) is 5.26 Å². The summed E-state index contributed by atoms with van der Waals surface area (Å²) in [5.41, 5.74) is 4.33. The summed E-state index contributed by atoms with van der Waals surface area (Å²) >= 11 is 6.01. The highest BCUT2D eigenvalue weighted by Crippen LogP contribution is 2.35. The third kappa shape index (κ3) is 6.60. The van der Waals surface area contributed by atoms with Gasteiger partial charge in [-0.2, -0.15) is 5.26 Å². The summed E-state index contributed by atoms with van der Waals surface area (Å²) in [6.07, 6.45) is 2.02. The van der Waals surface area contributed by atoms with Gasteiger partial charge in [-0.1, -0.05) is 30.7 Å². The van der Waals surface area contributed by atoms with E-state index in [1.54, 1.807) is 6.07 Å². The van der Waals surface area contributed by atoms with Gasteiger partial charge in [-0.15, -0.1) is 0 Å². The molecule has 3 rings (SSSR count). The molecule has 0 spiro atoms. The number of aliphatic hydroxyl groups excluding tert-OH is 1. The number of carboxylic acids is 1. The quantitative estimate of drug-likeness (QED) is 0.319. The molecule has 7 heteroatoms. The van der Waals surface area contributed by atoms with E-state index in [4.69, 9.17) is 21.4 Å². The van der Waals surface area contributed by atoms with Crippen molar-refractivity contribution in [2.24, 2.45) is 13.0 Å². The van der Waals surface area contributed by atoms with E-state index in [-0.39, 0.29) is 12.3 Å². The summed E-state index contributed by atoms with van der Waals surface area (Å²) in [5, 5.41) is 31.1. The van der Waals surface area contributed by atoms with Crippen LogP contribution in [0.4, 0.5) is 0 Å². The van der Waals surface area contributed by atoms with Crippen LogP contribution in [0.1, 0.15) is 61.1 Å². The highest BCUT2D eigenvalue weighted by atomic mass is 35.5. The molecule has 2 N–H and O–H groups in total. The standard InChI is InChI=1S/C27H31ClN2O4/c1-18(13-26(32)33)12-25(31)27-22-15-19(16-29)9-10-23(22)30(2)24(27)8-3-4-11-34-17-20-6-5-7-21(28)14-20/h5-7,9-10,14-15,18,25,31H,3-4,8,11-13,17H2,1-2H3,(H,32,33)/t18-,25?/m0/s1. The van der Waals surface area contributed by atoms with E-state index >= 15 is 0 Å². The minimum Gasteiger partial charge on any atom is -0.481 e. The largest absolute Gasteiger partial charge is 0.481 e. The molecule has 3 aromatic rings. The lowest BCUT2D eigenvalue weighted by molar-refractivity contribution is -0.138. The normalized spacial score (nSPS) is 13.0. The first kappa shape index (κ1) is 25.8. The van der Waals surface area contributed by atoms with Crippen molar-refractivity contribution in [2.45, 2.75) is 51.7 Å². The highest BCUT2D eigenvalue weighted by molar-refractivity contribution is 6.30. The zero-order chi connectivity index (χ0) is 24.7. The van der Waals surface area contributed by atoms with E-state index in [2.05, 4.69) is 10.6 Å². The van der Waals surface area contributed by atoms with Crippen LogP contribution in [-0.2, 0) is 29.6 Å². The summed E-state index contributed by atoms with van der Waals surface area (Å²) < 4.78 is 7.87. The third-order valence-corrected chi connectivity index (χ3v) is 6.32. The number of rotatable bonds is 12. The molecule has 0 saturated carbocycles. The van der Waals surface area contributed by atoms with Crippen molar-refractivity contribution in [3.63, 3.8) is 0 Å². The monoisotopic (exact) mass is 482 g/mol. The number of unbranched alkanes of at least 4 members (excludes halogenated alkanes) is 1. The van der Waals surface area contributed by atoms with E-state index in [0.29, 0.717) is 30.2 Å². The summed E-state index contributed by atoms with van der Waals surface area (Å²) in [6.45, 7) is 2.96. The maximum atomic E-state index is 11.1. The molecule has 34 heavy (non-hydrogen) atoms. The van der Waals surface area contributed by atoms with E-state index in [1.807, 2.05) is 50.4 Å². The maximum Gasteiger partial charge on any atom is 0.303 e. The molecule has 0 saturated heterocycles. The SMILES string of the molecule is C[C@H](CC(=O)O)CC(O)c1c(CCCCOCc2cccc(Cl)c2)n(C)c2ccc(C#N)cc12. The molecule has 0 fully saturated rings. The van der Waals surface area contributed by atoms with Crippen LogP contribution in [0.5, 0.6) is 0 Å². The zero-order valence-corrected chi connectivity index (χ0v) is 20.4. The van der Waals surface area contributed by atoms with E-state index in [1.165, 1.54) is 0 Å². The summed E-state index contributed by atoms with van der Waals surface area (Å²) in [5.74, 6) is -1.04. The molecule has 0 aliphatic carbocycles. The Kier molecular flexibility index (Phi) is 9.12. The summed E-state index contributed by atoms with van der Waals surface area (Å²) in [7, 11) is 1.97. The Labute approximate surface area is 205 Å². The lowest BCUT2D eigenvalue weighted by Gasteiger charge is -2.17. The second-order valence-electron chi connectivity index (χ2n) is 8.86. The van der Waals surface area contributed by atoms with E-state index < -0.39 is 12.1 Å². The minimum absolute atomic E-state index is 0.00453. The molecule has 0 aliphatic rings. The summed E-state index contributed by atoms with van der Waals surface area (Å²) in [4.78, 5) is 11.1. The molecule has 1 aromatic heterocycles. The van der Waals surface area contributed by atoms with Gasteiger partial charge in [0, 0.05) is 47.3 Å². The highest BCUT2D eigenvalue weighted by Gasteiger charge is 2.24. The van der Waals surface area contributed by atoms with Crippen LogP contribution < -0.4 is 0 Å². The number of carbonyl (C=O) groups is 1. The zero-order valence-electron chi connectivity index (χ0n) is 19.6. The number of halogens is 1. The van der Waals surface area contributed by atoms with Crippen LogP contribution in [0.3, 0.4) is 0 Å². The lowest BCUT2D eigenvalue weighted by atomic mass is 9.92. The van der Waals surface area contributed by atoms with Gasteiger partial charge in [0.25, 0.3) is 0 Å². The molecule has 1 unspecified atom stereocenters. The average molecular weight is 483 g/mol. The number of nitriles is 1. The van der Waals surface area contributed by atoms with Crippen molar-refractivity contribution >= 4 is 28.5 Å². The van der Waals surface area contributed by atoms with Crippen LogP contribution in [0.25, 0.3) is 10.9 Å². The number of carboxylic acid groups (broad SMARTS) is 1. The Morgan fingerprint density at radius 3 is 2.74 bits per heavy atom. The molecule has 0 radical (unpaired) electrons. The Morgan fingerprint density at radius 1 is 1.24 bits per heavy atom. The topological polar surface area (TPSA) is 95.5 Å². The molecule has 0 bridgehead atoms. The molecular weight excluding hydrogens is 452 g/mol. The third-order valence-electron chi connectivity index (χ3n) is 6.08. The fourth-order valence-corrected chi connectivity index (χ4v) is 4.68. The number of benzene rings is 2. The molecule has 0 aliphatic heterocycles. The minimum atomic E-state index is -0.873. The molecule has 1 heterocycles. The van der Waals surface area contributed by atoms with Gasteiger partial charge in [-0.3, -0.25) is 4.79 Å². The Hall–Kier alpha value is -2.85. The van der Waals surface area contributed by atoms with Crippen LogP contribution in [0.15, 0.2) is 42.5 Å². The first-order chi connectivity index (χ1) is 16.3. The van der Waals surface area contributed by atoms with Crippen molar-refractivity contribution in [3.8, 4) is 6.07 Å². The smallest absolute Gasteiger partial charge is 0.303 e. The first-order valence-corrected chi connectivity index (χ1v) is 11.9.